The second-order valence-corrected chi connectivity index (χ2v) is 7.19. The predicted octanol–water partition coefficient (Wildman–Crippen LogP) is 3.23. The second kappa shape index (κ2) is 8.86. The van der Waals surface area contributed by atoms with E-state index in [1.54, 1.807) is 13.0 Å². The average Bonchev–Trinajstić information content (AvgIpc) is 2.58. The summed E-state index contributed by atoms with van der Waals surface area (Å²) in [4.78, 5) is 4.19. The third kappa shape index (κ3) is 5.96. The van der Waals surface area contributed by atoms with Gasteiger partial charge in [-0.1, -0.05) is 24.3 Å². The van der Waals surface area contributed by atoms with Gasteiger partial charge in [0, 0.05) is 16.9 Å². The molecule has 1 atom stereocenters. The molecule has 1 unspecified atom stereocenters. The quantitative estimate of drug-likeness (QED) is 0.243. The van der Waals surface area contributed by atoms with Crippen LogP contribution in [-0.2, 0) is 26.3 Å². The fourth-order valence-corrected chi connectivity index (χ4v) is 3.20. The number of hydrogen-bond acceptors (Lipinski definition) is 8. The average molecular weight is 411 g/mol. The fourth-order valence-electron chi connectivity index (χ4n) is 2.14. The van der Waals surface area contributed by atoms with E-state index in [1.165, 1.54) is 49.6 Å². The Hall–Kier alpha value is -2.60. The first kappa shape index (κ1) is 20.7. The van der Waals surface area contributed by atoms with Gasteiger partial charge in [-0.3, -0.25) is 4.55 Å². The molecule has 0 aliphatic rings. The Labute approximate surface area is 158 Å². The summed E-state index contributed by atoms with van der Waals surface area (Å²) in [6.45, 7) is 1.69. The topological polar surface area (TPSA) is 138 Å². The van der Waals surface area contributed by atoms with Gasteiger partial charge in [-0.25, -0.2) is 4.21 Å². The van der Waals surface area contributed by atoms with Gasteiger partial charge in [0.25, 0.3) is 10.1 Å². The zero-order valence-corrected chi connectivity index (χ0v) is 15.9. The second-order valence-electron chi connectivity index (χ2n) is 5.22. The SMILES string of the molecule is CON=Nc1ccc(/C=C/c2ccc(C)cc2S(=O)(=O)O)c(OS(=O)[O-])c1. The van der Waals surface area contributed by atoms with Crippen molar-refractivity contribution >= 4 is 39.3 Å². The predicted molar refractivity (Wildman–Crippen MR) is 97.4 cm³/mol. The van der Waals surface area contributed by atoms with Crippen LogP contribution in [0.3, 0.4) is 0 Å². The summed E-state index contributed by atoms with van der Waals surface area (Å²) in [5.41, 5.74) is 1.49. The van der Waals surface area contributed by atoms with E-state index in [1.807, 2.05) is 0 Å². The number of rotatable bonds is 7. The van der Waals surface area contributed by atoms with Gasteiger partial charge in [-0.2, -0.15) is 8.42 Å². The minimum atomic E-state index is -4.43. The first-order valence-corrected chi connectivity index (χ1v) is 9.77. The zero-order valence-electron chi connectivity index (χ0n) is 14.2. The Balaban J connectivity index is 2.47. The van der Waals surface area contributed by atoms with Crippen LogP contribution in [0.15, 0.2) is 51.7 Å². The molecule has 0 aliphatic heterocycles. The Morgan fingerprint density at radius 2 is 1.81 bits per heavy atom. The summed E-state index contributed by atoms with van der Waals surface area (Å²) in [5.74, 6) is -0.0485. The van der Waals surface area contributed by atoms with Crippen LogP contribution in [-0.4, -0.2) is 28.8 Å². The van der Waals surface area contributed by atoms with Crippen molar-refractivity contribution in [1.29, 1.82) is 0 Å². The van der Waals surface area contributed by atoms with E-state index in [9.17, 15) is 21.7 Å². The normalized spacial score (nSPS) is 13.2. The fraction of sp³-hybridized carbons (Fsp3) is 0.125. The van der Waals surface area contributed by atoms with Gasteiger partial charge in [0.15, 0.2) is 0 Å². The van der Waals surface area contributed by atoms with Crippen molar-refractivity contribution in [3.8, 4) is 5.75 Å². The van der Waals surface area contributed by atoms with Crippen molar-refractivity contribution in [2.24, 2.45) is 10.4 Å². The Morgan fingerprint density at radius 1 is 1.15 bits per heavy atom. The maximum Gasteiger partial charge on any atom is 0.295 e. The standard InChI is InChI=1S/C16H16N2O7S2/c1-11-3-4-13(16(9-11)27(21,22)23)6-5-12-7-8-14(17-18-24-2)10-15(12)25-26(19)20/h3-10H,1-2H3,(H,19,20)(H,21,22,23)/p-1/b6-5+,18-17?. The highest BCUT2D eigenvalue weighted by Crippen LogP contribution is 2.28. The van der Waals surface area contributed by atoms with Crippen LogP contribution in [0.25, 0.3) is 12.2 Å². The van der Waals surface area contributed by atoms with Crippen molar-refractivity contribution in [1.82, 2.24) is 0 Å². The molecule has 0 saturated heterocycles. The highest BCUT2D eigenvalue weighted by atomic mass is 32.2. The number of benzene rings is 2. The van der Waals surface area contributed by atoms with Crippen LogP contribution in [0.4, 0.5) is 5.69 Å². The van der Waals surface area contributed by atoms with Crippen molar-refractivity contribution in [2.45, 2.75) is 11.8 Å². The van der Waals surface area contributed by atoms with Crippen molar-refractivity contribution in [2.75, 3.05) is 7.11 Å². The first-order chi connectivity index (χ1) is 12.7. The lowest BCUT2D eigenvalue weighted by Gasteiger charge is -2.10. The van der Waals surface area contributed by atoms with E-state index in [0.717, 1.165) is 0 Å². The third-order valence-electron chi connectivity index (χ3n) is 3.28. The highest BCUT2D eigenvalue weighted by Gasteiger charge is 2.14. The molecule has 144 valence electrons. The molecule has 27 heavy (non-hydrogen) atoms. The Kier molecular flexibility index (Phi) is 6.80. The van der Waals surface area contributed by atoms with Gasteiger partial charge < -0.3 is 13.6 Å². The molecule has 0 aromatic heterocycles. The molecule has 2 rings (SSSR count). The highest BCUT2D eigenvalue weighted by molar-refractivity contribution is 7.86. The van der Waals surface area contributed by atoms with Crippen LogP contribution < -0.4 is 4.18 Å². The molecule has 1 N–H and O–H groups in total. The molecule has 0 radical (unpaired) electrons. The van der Waals surface area contributed by atoms with Crippen LogP contribution in [0.5, 0.6) is 5.75 Å². The lowest BCUT2D eigenvalue weighted by atomic mass is 10.1. The van der Waals surface area contributed by atoms with Gasteiger partial charge in [0.05, 0.1) is 5.69 Å². The van der Waals surface area contributed by atoms with Gasteiger partial charge in [-0.05, 0) is 36.2 Å². The van der Waals surface area contributed by atoms with Crippen molar-refractivity contribution < 1.29 is 30.8 Å². The molecule has 0 bridgehead atoms. The summed E-state index contributed by atoms with van der Waals surface area (Å²) in [5, 5.41) is 7.03. The van der Waals surface area contributed by atoms with E-state index in [4.69, 9.17) is 4.18 Å². The zero-order chi connectivity index (χ0) is 20.0. The van der Waals surface area contributed by atoms with Gasteiger partial charge in [-0.15, -0.1) is 5.11 Å². The van der Waals surface area contributed by atoms with Crippen LogP contribution in [0.1, 0.15) is 16.7 Å². The van der Waals surface area contributed by atoms with E-state index in [0.29, 0.717) is 11.1 Å². The molecule has 2 aromatic carbocycles. The summed E-state index contributed by atoms with van der Waals surface area (Å²) < 4.78 is 59.0. The molecule has 0 aliphatic carbocycles. The van der Waals surface area contributed by atoms with E-state index in [-0.39, 0.29) is 21.9 Å². The van der Waals surface area contributed by atoms with E-state index in [2.05, 4.69) is 15.2 Å². The molecule has 9 nitrogen and oxygen atoms in total. The summed E-state index contributed by atoms with van der Waals surface area (Å²) in [7, 11) is -3.12. The minimum Gasteiger partial charge on any atom is -0.740 e. The largest absolute Gasteiger partial charge is 0.740 e. The van der Waals surface area contributed by atoms with E-state index >= 15 is 0 Å². The number of hydrogen-bond donors (Lipinski definition) is 1. The first-order valence-electron chi connectivity index (χ1n) is 7.33. The smallest absolute Gasteiger partial charge is 0.295 e. The third-order valence-corrected chi connectivity index (χ3v) is 4.51. The number of aryl methyl sites for hydroxylation is 1. The van der Waals surface area contributed by atoms with Gasteiger partial charge in [0.2, 0.25) is 0 Å². The Morgan fingerprint density at radius 3 is 2.44 bits per heavy atom. The molecule has 0 saturated carbocycles. The van der Waals surface area contributed by atoms with Crippen LogP contribution >= 0.6 is 0 Å². The summed E-state index contributed by atoms with van der Waals surface area (Å²) in [6.07, 6.45) is 2.85. The van der Waals surface area contributed by atoms with Crippen molar-refractivity contribution in [3.63, 3.8) is 0 Å². The monoisotopic (exact) mass is 411 g/mol. The van der Waals surface area contributed by atoms with E-state index < -0.39 is 21.5 Å². The Bertz CT molecular complexity index is 1020. The van der Waals surface area contributed by atoms with Crippen LogP contribution in [0.2, 0.25) is 0 Å². The summed E-state index contributed by atoms with van der Waals surface area (Å²) in [6, 6.07) is 8.87. The van der Waals surface area contributed by atoms with Gasteiger partial charge in [0.1, 0.15) is 29.1 Å². The van der Waals surface area contributed by atoms with Gasteiger partial charge >= 0.3 is 0 Å². The molecule has 0 heterocycles. The molecule has 2 aromatic rings. The molecular formula is C16H15N2O7S2-. The molecular weight excluding hydrogens is 396 g/mol. The minimum absolute atomic E-state index is 0.0485. The van der Waals surface area contributed by atoms with Crippen molar-refractivity contribution in [3.05, 3.63) is 53.1 Å². The van der Waals surface area contributed by atoms with Crippen LogP contribution in [0, 0.1) is 6.92 Å². The molecule has 11 heteroatoms. The maximum atomic E-state index is 11.6. The molecule has 0 spiro atoms. The lowest BCUT2D eigenvalue weighted by molar-refractivity contribution is 0.190. The lowest BCUT2D eigenvalue weighted by Crippen LogP contribution is -2.01. The molecule has 0 fully saturated rings. The summed E-state index contributed by atoms with van der Waals surface area (Å²) >= 11 is -2.83. The molecule has 0 amide bonds. The number of nitrogens with zero attached hydrogens (tertiary/aromatic N) is 2. The maximum absolute atomic E-state index is 11.6.